The van der Waals surface area contributed by atoms with E-state index in [1.54, 1.807) is 34.8 Å². The Labute approximate surface area is 132 Å². The quantitative estimate of drug-likeness (QED) is 0.642. The Hall–Kier alpha value is -2.22. The molecule has 2 rings (SSSR count). The molecule has 0 spiro atoms. The van der Waals surface area contributed by atoms with Gasteiger partial charge in [-0.3, -0.25) is 9.88 Å². The second kappa shape index (κ2) is 6.70. The molecular weight excluding hydrogens is 304 g/mol. The molecule has 5 nitrogen and oxygen atoms in total. The fraction of sp³-hybridized carbons (Fsp3) is 0.214. The van der Waals surface area contributed by atoms with Crippen molar-refractivity contribution in [2.24, 2.45) is 0 Å². The first-order chi connectivity index (χ1) is 10.4. The topological polar surface area (TPSA) is 55.3 Å². The van der Waals surface area contributed by atoms with E-state index in [1.165, 1.54) is 28.5 Å². The van der Waals surface area contributed by atoms with Crippen LogP contribution >= 0.6 is 11.3 Å². The number of allylic oxidation sites excluding steroid dienone is 2. The molecule has 0 radical (unpaired) electrons. The second-order valence-electron chi connectivity index (χ2n) is 4.63. The third-order valence-corrected chi connectivity index (χ3v) is 4.24. The normalized spacial score (nSPS) is 11.4. The third-order valence-electron chi connectivity index (χ3n) is 2.96. The van der Waals surface area contributed by atoms with Crippen LogP contribution in [0.15, 0.2) is 30.3 Å². The molecule has 2 aromatic rings. The molecule has 8 heteroatoms. The largest absolute Gasteiger partial charge is 0.419 e. The summed E-state index contributed by atoms with van der Waals surface area (Å²) >= 11 is 1.28. The minimum Gasteiger partial charge on any atom is -0.415 e. The Morgan fingerprint density at radius 1 is 1.50 bits per heavy atom. The van der Waals surface area contributed by atoms with E-state index in [0.717, 1.165) is 6.20 Å². The molecule has 0 N–H and O–H groups in total. The zero-order valence-electron chi connectivity index (χ0n) is 12.8. The first kappa shape index (κ1) is 16.2. The van der Waals surface area contributed by atoms with Crippen molar-refractivity contribution in [2.75, 3.05) is 11.9 Å². The van der Waals surface area contributed by atoms with Gasteiger partial charge in [-0.1, -0.05) is 11.3 Å². The summed E-state index contributed by atoms with van der Waals surface area (Å²) in [5, 5.41) is 1.25. The number of carbonyl (C=O) groups excluding carboxylic acids is 1. The molecule has 0 aliphatic rings. The van der Waals surface area contributed by atoms with Gasteiger partial charge in [0.25, 0.3) is 0 Å². The van der Waals surface area contributed by atoms with E-state index in [0.29, 0.717) is 26.9 Å². The van der Waals surface area contributed by atoms with E-state index in [-0.39, 0.29) is 0 Å². The van der Waals surface area contributed by atoms with E-state index in [1.807, 2.05) is 0 Å². The van der Waals surface area contributed by atoms with Crippen molar-refractivity contribution in [1.29, 1.82) is 0 Å². The summed E-state index contributed by atoms with van der Waals surface area (Å²) in [5.41, 5.74) is 1.24. The number of aromatic nitrogens is 2. The van der Waals surface area contributed by atoms with E-state index in [2.05, 4.69) is 9.97 Å². The zero-order chi connectivity index (χ0) is 16.3. The highest BCUT2D eigenvalue weighted by Crippen LogP contribution is 2.29. The van der Waals surface area contributed by atoms with Crippen molar-refractivity contribution < 1.29 is 13.9 Å². The van der Waals surface area contributed by atoms with Gasteiger partial charge in [-0.2, -0.15) is 0 Å². The molecule has 0 aliphatic carbocycles. The summed E-state index contributed by atoms with van der Waals surface area (Å²) in [7, 11) is 3.40. The number of halogens is 1. The maximum absolute atomic E-state index is 13.3. The van der Waals surface area contributed by atoms with Crippen LogP contribution in [0, 0.1) is 5.82 Å². The maximum atomic E-state index is 13.3. The lowest BCUT2D eigenvalue weighted by atomic mass is 10.1. The lowest BCUT2D eigenvalue weighted by Gasteiger charge is -2.15. The molecule has 0 aromatic carbocycles. The van der Waals surface area contributed by atoms with Gasteiger partial charge in [0, 0.05) is 24.4 Å². The van der Waals surface area contributed by atoms with Crippen molar-refractivity contribution in [3.05, 3.63) is 36.1 Å². The SMILES string of the molecule is Bc1nc(-c2cncc(F)c2)sc1N(C)C(=O)O/C(C)=C\C. The third kappa shape index (κ3) is 3.51. The van der Waals surface area contributed by atoms with Crippen LogP contribution in [0.2, 0.25) is 0 Å². The number of nitrogens with zero attached hydrogens (tertiary/aromatic N) is 3. The van der Waals surface area contributed by atoms with Crippen LogP contribution in [0.5, 0.6) is 0 Å². The van der Waals surface area contributed by atoms with Gasteiger partial charge in [0.05, 0.1) is 6.20 Å². The standard InChI is InChI=1S/C14H15BFN3O2S/c1-4-8(2)21-14(20)19(3)13-11(15)18-12(22-13)9-5-10(16)7-17-6-9/h4-7H,15H2,1-3H3/b8-4-. The highest BCUT2D eigenvalue weighted by atomic mass is 32.1. The van der Waals surface area contributed by atoms with Gasteiger partial charge >= 0.3 is 6.09 Å². The number of carbonyl (C=O) groups is 1. The number of thiazole rings is 1. The average Bonchev–Trinajstić information content (AvgIpc) is 2.88. The van der Waals surface area contributed by atoms with Gasteiger partial charge in [0.1, 0.15) is 21.6 Å². The minimum absolute atomic E-state index is 0.427. The molecule has 0 saturated carbocycles. The van der Waals surface area contributed by atoms with Crippen LogP contribution in [0.4, 0.5) is 14.2 Å². The van der Waals surface area contributed by atoms with E-state index < -0.39 is 11.9 Å². The fourth-order valence-corrected chi connectivity index (χ4v) is 2.70. The summed E-state index contributed by atoms with van der Waals surface area (Å²) in [5.74, 6) is 0.0944. The molecule has 0 saturated heterocycles. The average molecular weight is 319 g/mol. The van der Waals surface area contributed by atoms with Gasteiger partial charge in [-0.15, -0.1) is 0 Å². The Morgan fingerprint density at radius 3 is 2.86 bits per heavy atom. The summed E-state index contributed by atoms with van der Waals surface area (Å²) < 4.78 is 18.4. The molecule has 2 aromatic heterocycles. The van der Waals surface area contributed by atoms with E-state index in [9.17, 15) is 9.18 Å². The number of amides is 1. The molecular formula is C14H15BFN3O2S. The Bertz CT molecular complexity index is 733. The molecule has 2 heterocycles. The minimum atomic E-state index is -0.494. The van der Waals surface area contributed by atoms with Gasteiger partial charge in [-0.05, 0) is 26.0 Å². The van der Waals surface area contributed by atoms with Crippen molar-refractivity contribution in [2.45, 2.75) is 13.8 Å². The van der Waals surface area contributed by atoms with Crippen molar-refractivity contribution in [3.63, 3.8) is 0 Å². The Balaban J connectivity index is 2.28. The number of anilines is 1. The number of ether oxygens (including phenoxy) is 1. The summed E-state index contributed by atoms with van der Waals surface area (Å²) in [6.45, 7) is 3.49. The molecule has 0 unspecified atom stereocenters. The molecule has 0 bridgehead atoms. The van der Waals surface area contributed by atoms with Crippen LogP contribution in [-0.4, -0.2) is 31.0 Å². The zero-order valence-corrected chi connectivity index (χ0v) is 13.6. The number of hydrogen-bond acceptors (Lipinski definition) is 5. The predicted molar refractivity (Wildman–Crippen MR) is 87.8 cm³/mol. The van der Waals surface area contributed by atoms with Crippen LogP contribution in [-0.2, 0) is 4.74 Å². The second-order valence-corrected chi connectivity index (χ2v) is 5.61. The van der Waals surface area contributed by atoms with Crippen molar-refractivity contribution in [1.82, 2.24) is 9.97 Å². The van der Waals surface area contributed by atoms with Crippen LogP contribution in [0.25, 0.3) is 10.6 Å². The summed E-state index contributed by atoms with van der Waals surface area (Å²) in [6.07, 6.45) is 3.88. The van der Waals surface area contributed by atoms with E-state index >= 15 is 0 Å². The first-order valence-electron chi connectivity index (χ1n) is 6.59. The fourth-order valence-electron chi connectivity index (χ4n) is 1.70. The number of hydrogen-bond donors (Lipinski definition) is 0. The van der Waals surface area contributed by atoms with Gasteiger partial charge in [0.2, 0.25) is 0 Å². The van der Waals surface area contributed by atoms with Crippen LogP contribution < -0.4 is 10.5 Å². The summed E-state index contributed by atoms with van der Waals surface area (Å²) in [4.78, 5) is 21.6. The Kier molecular flexibility index (Phi) is 4.92. The van der Waals surface area contributed by atoms with E-state index in [4.69, 9.17) is 4.74 Å². The summed E-state index contributed by atoms with van der Waals surface area (Å²) in [6, 6.07) is 1.36. The first-order valence-corrected chi connectivity index (χ1v) is 7.40. The Morgan fingerprint density at radius 2 is 2.23 bits per heavy atom. The number of pyridine rings is 1. The van der Waals surface area contributed by atoms with Gasteiger partial charge in [0.15, 0.2) is 7.85 Å². The van der Waals surface area contributed by atoms with Crippen LogP contribution in [0.1, 0.15) is 13.8 Å². The van der Waals surface area contributed by atoms with Crippen molar-refractivity contribution >= 4 is 35.9 Å². The van der Waals surface area contributed by atoms with Gasteiger partial charge in [-0.25, -0.2) is 14.2 Å². The maximum Gasteiger partial charge on any atom is 0.419 e. The highest BCUT2D eigenvalue weighted by molar-refractivity contribution is 7.20. The molecule has 0 fully saturated rings. The molecule has 22 heavy (non-hydrogen) atoms. The smallest absolute Gasteiger partial charge is 0.415 e. The number of rotatable bonds is 3. The van der Waals surface area contributed by atoms with Crippen molar-refractivity contribution in [3.8, 4) is 10.6 Å². The highest BCUT2D eigenvalue weighted by Gasteiger charge is 2.19. The molecule has 114 valence electrons. The molecule has 1 amide bonds. The lowest BCUT2D eigenvalue weighted by Crippen LogP contribution is -2.29. The monoisotopic (exact) mass is 319 g/mol. The molecule has 0 atom stereocenters. The van der Waals surface area contributed by atoms with Gasteiger partial charge < -0.3 is 4.74 Å². The lowest BCUT2D eigenvalue weighted by molar-refractivity contribution is 0.185. The molecule has 0 aliphatic heterocycles. The van der Waals surface area contributed by atoms with Crippen LogP contribution in [0.3, 0.4) is 0 Å². The predicted octanol–water partition coefficient (Wildman–Crippen LogP) is 2.10.